The van der Waals surface area contributed by atoms with Crippen LogP contribution in [0, 0.1) is 0 Å². The summed E-state index contributed by atoms with van der Waals surface area (Å²) in [5, 5.41) is 12.7. The molecule has 0 aliphatic heterocycles. The zero-order chi connectivity index (χ0) is 13.9. The molecule has 4 heteroatoms. The van der Waals surface area contributed by atoms with Crippen molar-refractivity contribution in [1.82, 2.24) is 0 Å². The van der Waals surface area contributed by atoms with Crippen LogP contribution in [0.2, 0.25) is 0 Å². The number of hydrogen-bond acceptors (Lipinski definition) is 3. The van der Waals surface area contributed by atoms with Crippen molar-refractivity contribution in [3.05, 3.63) is 40.2 Å². The van der Waals surface area contributed by atoms with Gasteiger partial charge in [0.25, 0.3) is 0 Å². The normalized spacial score (nSPS) is 16.6. The first-order valence-electron chi connectivity index (χ1n) is 7.31. The van der Waals surface area contributed by atoms with Crippen LogP contribution < -0.4 is 10.9 Å². The zero-order valence-corrected chi connectivity index (χ0v) is 11.5. The second-order valence-electron chi connectivity index (χ2n) is 5.61. The van der Waals surface area contributed by atoms with Crippen molar-refractivity contribution >= 4 is 11.0 Å². The average Bonchev–Trinajstić information content (AvgIpc) is 2.45. The summed E-state index contributed by atoms with van der Waals surface area (Å²) in [7, 11) is 0. The number of fused-ring (bicyclic) bond motifs is 1. The highest BCUT2D eigenvalue weighted by Crippen LogP contribution is 2.21. The predicted molar refractivity (Wildman–Crippen MR) is 76.7 cm³/mol. The highest BCUT2D eigenvalue weighted by molar-refractivity contribution is 5.81. The summed E-state index contributed by atoms with van der Waals surface area (Å²) in [6, 6.07) is 7.19. The number of benzene rings is 1. The van der Waals surface area contributed by atoms with Crippen molar-refractivity contribution in [2.45, 2.75) is 44.7 Å². The van der Waals surface area contributed by atoms with E-state index >= 15 is 0 Å². The lowest BCUT2D eigenvalue weighted by Crippen LogP contribution is -2.88. The SMILES string of the molecule is O=c1cc(C[NH2+]C2CCCCC2)c2ccc(O)cc2o1. The lowest BCUT2D eigenvalue weighted by atomic mass is 9.95. The molecule has 1 aliphatic carbocycles. The van der Waals surface area contributed by atoms with Gasteiger partial charge in [0.15, 0.2) is 0 Å². The second-order valence-corrected chi connectivity index (χ2v) is 5.61. The van der Waals surface area contributed by atoms with Crippen LogP contribution in [-0.2, 0) is 6.54 Å². The van der Waals surface area contributed by atoms with Crippen molar-refractivity contribution in [3.63, 3.8) is 0 Å². The number of phenolic OH excluding ortho intramolecular Hbond substituents is 1. The van der Waals surface area contributed by atoms with Gasteiger partial charge in [-0.05, 0) is 37.8 Å². The molecule has 1 heterocycles. The fraction of sp³-hybridized carbons (Fsp3) is 0.438. The Morgan fingerprint density at radius 3 is 2.80 bits per heavy atom. The predicted octanol–water partition coefficient (Wildman–Crippen LogP) is 1.89. The third kappa shape index (κ3) is 2.85. The summed E-state index contributed by atoms with van der Waals surface area (Å²) < 4.78 is 5.15. The van der Waals surface area contributed by atoms with Crippen molar-refractivity contribution in [2.75, 3.05) is 0 Å². The Bertz CT molecular complexity index is 656. The number of quaternary nitrogens is 1. The van der Waals surface area contributed by atoms with Crippen LogP contribution in [-0.4, -0.2) is 11.1 Å². The van der Waals surface area contributed by atoms with Crippen LogP contribution in [0.15, 0.2) is 33.5 Å². The van der Waals surface area contributed by atoms with E-state index in [4.69, 9.17) is 4.42 Å². The minimum absolute atomic E-state index is 0.120. The standard InChI is InChI=1S/C16H19NO3/c18-13-6-7-14-11(8-16(19)20-15(14)9-13)10-17-12-4-2-1-3-5-12/h6-9,12,17-18H,1-5,10H2/p+1. The van der Waals surface area contributed by atoms with Gasteiger partial charge in [-0.25, -0.2) is 4.79 Å². The maximum atomic E-state index is 11.6. The summed E-state index contributed by atoms with van der Waals surface area (Å²) in [6.45, 7) is 0.789. The Hall–Kier alpha value is -1.81. The van der Waals surface area contributed by atoms with E-state index in [0.717, 1.165) is 17.5 Å². The van der Waals surface area contributed by atoms with Crippen molar-refractivity contribution in [1.29, 1.82) is 0 Å². The second kappa shape index (κ2) is 5.67. The molecule has 0 radical (unpaired) electrons. The van der Waals surface area contributed by atoms with E-state index in [-0.39, 0.29) is 11.4 Å². The molecule has 106 valence electrons. The van der Waals surface area contributed by atoms with E-state index in [1.54, 1.807) is 12.1 Å². The van der Waals surface area contributed by atoms with Crippen LogP contribution in [0.1, 0.15) is 37.7 Å². The molecule has 1 aromatic carbocycles. The smallest absolute Gasteiger partial charge is 0.336 e. The molecule has 0 amide bonds. The van der Waals surface area contributed by atoms with Crippen LogP contribution in [0.25, 0.3) is 11.0 Å². The Balaban J connectivity index is 1.84. The van der Waals surface area contributed by atoms with E-state index in [1.165, 1.54) is 38.2 Å². The van der Waals surface area contributed by atoms with Gasteiger partial charge in [0, 0.05) is 23.1 Å². The molecule has 0 bridgehead atoms. The zero-order valence-electron chi connectivity index (χ0n) is 11.5. The first-order valence-corrected chi connectivity index (χ1v) is 7.31. The average molecular weight is 274 g/mol. The summed E-state index contributed by atoms with van der Waals surface area (Å²) >= 11 is 0. The third-order valence-electron chi connectivity index (χ3n) is 4.13. The molecule has 1 fully saturated rings. The van der Waals surface area contributed by atoms with Crippen LogP contribution in [0.3, 0.4) is 0 Å². The number of rotatable bonds is 3. The van der Waals surface area contributed by atoms with Crippen molar-refractivity contribution in [2.24, 2.45) is 0 Å². The lowest BCUT2D eigenvalue weighted by molar-refractivity contribution is -0.706. The van der Waals surface area contributed by atoms with Gasteiger partial charge in [-0.15, -0.1) is 0 Å². The third-order valence-corrected chi connectivity index (χ3v) is 4.13. The van der Waals surface area contributed by atoms with Gasteiger partial charge in [-0.1, -0.05) is 6.42 Å². The molecule has 3 N–H and O–H groups in total. The molecule has 0 unspecified atom stereocenters. The van der Waals surface area contributed by atoms with E-state index in [2.05, 4.69) is 5.32 Å². The van der Waals surface area contributed by atoms with E-state index in [1.807, 2.05) is 6.07 Å². The van der Waals surface area contributed by atoms with E-state index in [0.29, 0.717) is 11.6 Å². The maximum absolute atomic E-state index is 11.6. The van der Waals surface area contributed by atoms with Gasteiger partial charge in [0.05, 0.1) is 6.04 Å². The van der Waals surface area contributed by atoms with Gasteiger partial charge in [-0.2, -0.15) is 0 Å². The van der Waals surface area contributed by atoms with Gasteiger partial charge in [0.2, 0.25) is 0 Å². The molecule has 3 rings (SSSR count). The lowest BCUT2D eigenvalue weighted by Gasteiger charge is -2.20. The first-order chi connectivity index (χ1) is 9.72. The Morgan fingerprint density at radius 1 is 1.20 bits per heavy atom. The highest BCUT2D eigenvalue weighted by Gasteiger charge is 2.17. The fourth-order valence-electron chi connectivity index (χ4n) is 3.05. The Kier molecular flexibility index (Phi) is 3.74. The molecule has 0 atom stereocenters. The number of hydrogen-bond donors (Lipinski definition) is 2. The van der Waals surface area contributed by atoms with Crippen LogP contribution in [0.4, 0.5) is 0 Å². The molecule has 20 heavy (non-hydrogen) atoms. The monoisotopic (exact) mass is 274 g/mol. The van der Waals surface area contributed by atoms with Gasteiger partial charge < -0.3 is 14.8 Å². The van der Waals surface area contributed by atoms with Gasteiger partial charge in [0.1, 0.15) is 17.9 Å². The topological polar surface area (TPSA) is 67.0 Å². The number of aromatic hydroxyl groups is 1. The fourth-order valence-corrected chi connectivity index (χ4v) is 3.05. The minimum atomic E-state index is -0.352. The number of nitrogens with two attached hydrogens (primary N) is 1. The number of phenols is 1. The van der Waals surface area contributed by atoms with E-state index < -0.39 is 0 Å². The maximum Gasteiger partial charge on any atom is 0.336 e. The molecule has 2 aromatic rings. The highest BCUT2D eigenvalue weighted by atomic mass is 16.4. The Morgan fingerprint density at radius 2 is 2.00 bits per heavy atom. The molecule has 1 aromatic heterocycles. The Labute approximate surface area is 117 Å². The molecule has 1 saturated carbocycles. The molecular weight excluding hydrogens is 254 g/mol. The summed E-state index contributed by atoms with van der Waals surface area (Å²) in [5.74, 6) is 0.120. The minimum Gasteiger partial charge on any atom is -0.508 e. The van der Waals surface area contributed by atoms with Gasteiger partial charge >= 0.3 is 5.63 Å². The summed E-state index contributed by atoms with van der Waals surface area (Å²) in [4.78, 5) is 11.6. The first kappa shape index (κ1) is 13.2. The van der Waals surface area contributed by atoms with Crippen molar-refractivity contribution in [3.8, 4) is 5.75 Å². The molecule has 0 saturated heterocycles. The van der Waals surface area contributed by atoms with Crippen molar-refractivity contribution < 1.29 is 14.8 Å². The molecule has 1 aliphatic rings. The quantitative estimate of drug-likeness (QED) is 0.840. The van der Waals surface area contributed by atoms with E-state index in [9.17, 15) is 9.90 Å². The largest absolute Gasteiger partial charge is 0.508 e. The van der Waals surface area contributed by atoms with Gasteiger partial charge in [-0.3, -0.25) is 0 Å². The summed E-state index contributed by atoms with van der Waals surface area (Å²) in [6.07, 6.45) is 6.50. The summed E-state index contributed by atoms with van der Waals surface area (Å²) in [5.41, 5.74) is 1.10. The molecule has 0 spiro atoms. The van der Waals surface area contributed by atoms with Crippen LogP contribution in [0.5, 0.6) is 5.75 Å². The van der Waals surface area contributed by atoms with Crippen LogP contribution >= 0.6 is 0 Å². The molecular formula is C16H20NO3+. The molecule has 4 nitrogen and oxygen atoms in total.